The first-order valence-corrected chi connectivity index (χ1v) is 6.59. The van der Waals surface area contributed by atoms with E-state index in [4.69, 9.17) is 11.6 Å². The molecule has 2 rings (SSSR count). The van der Waals surface area contributed by atoms with Crippen LogP contribution >= 0.6 is 11.6 Å². The number of nitrogens with zero attached hydrogens (tertiary/aromatic N) is 3. The molecule has 1 aliphatic rings. The van der Waals surface area contributed by atoms with Crippen LogP contribution in [0.2, 0.25) is 5.02 Å². The van der Waals surface area contributed by atoms with E-state index in [1.807, 2.05) is 0 Å². The Labute approximate surface area is 123 Å². The number of carbonyl (C=O) groups is 1. The van der Waals surface area contributed by atoms with Gasteiger partial charge in [-0.2, -0.15) is 13.2 Å². The Balaban J connectivity index is 2.12. The molecule has 1 aliphatic heterocycles. The van der Waals surface area contributed by atoms with Gasteiger partial charge in [-0.05, 0) is 6.92 Å². The number of hydrogen-bond donors (Lipinski definition) is 1. The summed E-state index contributed by atoms with van der Waals surface area (Å²) in [6, 6.07) is 0. The van der Waals surface area contributed by atoms with Gasteiger partial charge in [-0.1, -0.05) is 11.6 Å². The zero-order chi connectivity index (χ0) is 15.8. The molecule has 0 radical (unpaired) electrons. The topological polar surface area (TPSA) is 66.3 Å². The van der Waals surface area contributed by atoms with Crippen LogP contribution in [-0.4, -0.2) is 50.7 Å². The monoisotopic (exact) mass is 323 g/mol. The van der Waals surface area contributed by atoms with E-state index in [0.717, 1.165) is 0 Å². The molecule has 0 aliphatic carbocycles. The highest BCUT2D eigenvalue weighted by Crippen LogP contribution is 2.38. The van der Waals surface area contributed by atoms with E-state index in [9.17, 15) is 23.1 Å². The summed E-state index contributed by atoms with van der Waals surface area (Å²) >= 11 is 5.84. The standard InChI is InChI=1S/C12H13ClF3N3O2/c1-7-17-6-8(13)9(18-7)10(20)19-4-2-11(21,3-5-19)12(14,15)16/h6,21H,2-5H2,1H3. The highest BCUT2D eigenvalue weighted by molar-refractivity contribution is 6.33. The summed E-state index contributed by atoms with van der Waals surface area (Å²) in [6.07, 6.45) is -4.56. The fourth-order valence-electron chi connectivity index (χ4n) is 2.12. The Morgan fingerprint density at radius 3 is 2.52 bits per heavy atom. The van der Waals surface area contributed by atoms with Crippen LogP contribution in [0.25, 0.3) is 0 Å². The van der Waals surface area contributed by atoms with Crippen molar-refractivity contribution in [3.63, 3.8) is 0 Å². The second-order valence-corrected chi connectivity index (χ2v) is 5.34. The highest BCUT2D eigenvalue weighted by atomic mass is 35.5. The van der Waals surface area contributed by atoms with Gasteiger partial charge in [0.2, 0.25) is 0 Å². The first kappa shape index (κ1) is 16.0. The molecule has 0 atom stereocenters. The lowest BCUT2D eigenvalue weighted by Crippen LogP contribution is -2.54. The average Bonchev–Trinajstić information content (AvgIpc) is 2.40. The van der Waals surface area contributed by atoms with Gasteiger partial charge in [-0.25, -0.2) is 9.97 Å². The zero-order valence-corrected chi connectivity index (χ0v) is 11.9. The average molecular weight is 324 g/mol. The molecule has 1 saturated heterocycles. The molecule has 1 N–H and O–H groups in total. The lowest BCUT2D eigenvalue weighted by Gasteiger charge is -2.39. The van der Waals surface area contributed by atoms with Crippen molar-refractivity contribution in [1.82, 2.24) is 14.9 Å². The minimum absolute atomic E-state index is 0.0402. The number of hydrogen-bond acceptors (Lipinski definition) is 4. The fraction of sp³-hybridized carbons (Fsp3) is 0.583. The molecule has 116 valence electrons. The summed E-state index contributed by atoms with van der Waals surface area (Å²) in [6.45, 7) is 1.15. The third-order valence-electron chi connectivity index (χ3n) is 3.47. The summed E-state index contributed by atoms with van der Waals surface area (Å²) in [5.74, 6) is -0.221. The molecule has 1 aromatic heterocycles. The number of piperidine rings is 1. The maximum Gasteiger partial charge on any atom is 0.417 e. The van der Waals surface area contributed by atoms with E-state index in [0.29, 0.717) is 5.82 Å². The van der Waals surface area contributed by atoms with Gasteiger partial charge in [0.1, 0.15) is 5.82 Å². The molecule has 0 unspecified atom stereocenters. The third-order valence-corrected chi connectivity index (χ3v) is 3.75. The van der Waals surface area contributed by atoms with Crippen molar-refractivity contribution in [3.05, 3.63) is 22.7 Å². The quantitative estimate of drug-likeness (QED) is 0.858. The summed E-state index contributed by atoms with van der Waals surface area (Å²) in [7, 11) is 0. The van der Waals surface area contributed by atoms with E-state index < -0.39 is 30.5 Å². The SMILES string of the molecule is Cc1ncc(Cl)c(C(=O)N2CCC(O)(C(F)(F)F)CC2)n1. The summed E-state index contributed by atoms with van der Waals surface area (Å²) in [5.41, 5.74) is -2.78. The summed E-state index contributed by atoms with van der Waals surface area (Å²) in [5, 5.41) is 9.61. The van der Waals surface area contributed by atoms with E-state index in [-0.39, 0.29) is 23.8 Å². The van der Waals surface area contributed by atoms with Crippen LogP contribution in [0.15, 0.2) is 6.20 Å². The van der Waals surface area contributed by atoms with Crippen molar-refractivity contribution in [2.45, 2.75) is 31.5 Å². The van der Waals surface area contributed by atoms with E-state index in [2.05, 4.69) is 9.97 Å². The first-order chi connectivity index (χ1) is 9.64. The molecule has 9 heteroatoms. The Morgan fingerprint density at radius 2 is 2.00 bits per heavy atom. The van der Waals surface area contributed by atoms with Gasteiger partial charge >= 0.3 is 6.18 Å². The number of carbonyl (C=O) groups excluding carboxylic acids is 1. The smallest absolute Gasteiger partial charge is 0.380 e. The largest absolute Gasteiger partial charge is 0.417 e. The lowest BCUT2D eigenvalue weighted by molar-refractivity contribution is -0.271. The van der Waals surface area contributed by atoms with Crippen LogP contribution < -0.4 is 0 Å². The van der Waals surface area contributed by atoms with Gasteiger partial charge in [0.05, 0.1) is 11.2 Å². The molecular weight excluding hydrogens is 311 g/mol. The molecule has 21 heavy (non-hydrogen) atoms. The predicted molar refractivity (Wildman–Crippen MR) is 67.9 cm³/mol. The molecule has 1 aromatic rings. The van der Waals surface area contributed by atoms with Crippen LogP contribution in [0.5, 0.6) is 0 Å². The summed E-state index contributed by atoms with van der Waals surface area (Å²) < 4.78 is 38.1. The Hall–Kier alpha value is -1.41. The number of alkyl halides is 3. The molecule has 2 heterocycles. The van der Waals surface area contributed by atoms with Crippen LogP contribution in [0.4, 0.5) is 13.2 Å². The molecule has 1 amide bonds. The number of aryl methyl sites for hydroxylation is 1. The molecule has 0 saturated carbocycles. The maximum absolute atomic E-state index is 12.7. The van der Waals surface area contributed by atoms with E-state index in [1.165, 1.54) is 11.1 Å². The fourth-order valence-corrected chi connectivity index (χ4v) is 2.29. The highest BCUT2D eigenvalue weighted by Gasteiger charge is 2.55. The maximum atomic E-state index is 12.7. The molecule has 5 nitrogen and oxygen atoms in total. The van der Waals surface area contributed by atoms with Crippen molar-refractivity contribution >= 4 is 17.5 Å². The van der Waals surface area contributed by atoms with Crippen LogP contribution in [0.1, 0.15) is 29.2 Å². The molecule has 0 spiro atoms. The van der Waals surface area contributed by atoms with Gasteiger partial charge in [0.15, 0.2) is 11.3 Å². The van der Waals surface area contributed by atoms with Crippen molar-refractivity contribution in [3.8, 4) is 0 Å². The van der Waals surface area contributed by atoms with Crippen molar-refractivity contribution in [2.75, 3.05) is 13.1 Å². The predicted octanol–water partition coefficient (Wildman–Crippen LogP) is 1.97. The van der Waals surface area contributed by atoms with E-state index >= 15 is 0 Å². The lowest BCUT2D eigenvalue weighted by atomic mass is 9.90. The van der Waals surface area contributed by atoms with Crippen LogP contribution in [-0.2, 0) is 0 Å². The van der Waals surface area contributed by atoms with Crippen molar-refractivity contribution < 1.29 is 23.1 Å². The number of aliphatic hydroxyl groups is 1. The number of likely N-dealkylation sites (tertiary alicyclic amines) is 1. The van der Waals surface area contributed by atoms with Crippen LogP contribution in [0, 0.1) is 6.92 Å². The minimum atomic E-state index is -4.70. The Morgan fingerprint density at radius 1 is 1.43 bits per heavy atom. The van der Waals surface area contributed by atoms with Crippen LogP contribution in [0.3, 0.4) is 0 Å². The van der Waals surface area contributed by atoms with Gasteiger partial charge in [0.25, 0.3) is 5.91 Å². The zero-order valence-electron chi connectivity index (χ0n) is 11.1. The normalized spacial score (nSPS) is 18.7. The molecule has 1 fully saturated rings. The van der Waals surface area contributed by atoms with Crippen molar-refractivity contribution in [1.29, 1.82) is 0 Å². The first-order valence-electron chi connectivity index (χ1n) is 6.21. The van der Waals surface area contributed by atoms with Crippen molar-refractivity contribution in [2.24, 2.45) is 0 Å². The van der Waals surface area contributed by atoms with Gasteiger partial charge in [-0.3, -0.25) is 4.79 Å². The molecule has 0 aromatic carbocycles. The third kappa shape index (κ3) is 3.11. The van der Waals surface area contributed by atoms with Gasteiger partial charge < -0.3 is 10.0 Å². The number of amides is 1. The number of aromatic nitrogens is 2. The number of halogens is 4. The second-order valence-electron chi connectivity index (χ2n) is 4.94. The Bertz CT molecular complexity index is 557. The minimum Gasteiger partial charge on any atom is -0.380 e. The second kappa shape index (κ2) is 5.42. The van der Waals surface area contributed by atoms with E-state index in [1.54, 1.807) is 6.92 Å². The number of rotatable bonds is 1. The van der Waals surface area contributed by atoms with Gasteiger partial charge in [-0.15, -0.1) is 0 Å². The Kier molecular flexibility index (Phi) is 4.12. The molecular formula is C12H13ClF3N3O2. The van der Waals surface area contributed by atoms with Gasteiger partial charge in [0, 0.05) is 25.9 Å². The molecule has 0 bridgehead atoms. The summed E-state index contributed by atoms with van der Waals surface area (Å²) in [4.78, 5) is 21.2.